The highest BCUT2D eigenvalue weighted by Crippen LogP contribution is 2.44. The number of hydrogen-bond acceptors (Lipinski definition) is 3. The third-order valence-electron chi connectivity index (χ3n) is 4.70. The van der Waals surface area contributed by atoms with Crippen LogP contribution >= 0.6 is 27.3 Å². The molecule has 1 aromatic carbocycles. The van der Waals surface area contributed by atoms with Gasteiger partial charge in [0.05, 0.1) is 11.4 Å². The summed E-state index contributed by atoms with van der Waals surface area (Å²) in [6.07, 6.45) is 0.971. The van der Waals surface area contributed by atoms with Gasteiger partial charge in [-0.1, -0.05) is 47.7 Å². The highest BCUT2D eigenvalue weighted by molar-refractivity contribution is 9.10. The molecule has 6 heteroatoms. The molecule has 0 bridgehead atoms. The van der Waals surface area contributed by atoms with Crippen LogP contribution in [-0.2, 0) is 17.9 Å². The van der Waals surface area contributed by atoms with Crippen molar-refractivity contribution in [2.45, 2.75) is 38.8 Å². The molecule has 0 unspecified atom stereocenters. The minimum absolute atomic E-state index is 0.524. The first kappa shape index (κ1) is 18.2. The van der Waals surface area contributed by atoms with Crippen LogP contribution < -0.4 is 0 Å². The topological polar surface area (TPSA) is 27.1 Å². The lowest BCUT2D eigenvalue weighted by Crippen LogP contribution is -2.22. The molecule has 1 aliphatic carbocycles. The molecular weight excluding hydrogens is 424 g/mol. The lowest BCUT2D eigenvalue weighted by atomic mass is 10.1. The van der Waals surface area contributed by atoms with Gasteiger partial charge in [-0.15, -0.1) is 11.3 Å². The maximum absolute atomic E-state index is 6.01. The van der Waals surface area contributed by atoms with E-state index in [0.717, 1.165) is 28.8 Å². The van der Waals surface area contributed by atoms with Crippen molar-refractivity contribution in [3.63, 3.8) is 0 Å². The number of fused-ring (bicyclic) bond motifs is 3. The van der Waals surface area contributed by atoms with Crippen molar-refractivity contribution < 1.29 is 4.74 Å². The molecule has 0 saturated carbocycles. The zero-order valence-corrected chi connectivity index (χ0v) is 18.8. The van der Waals surface area contributed by atoms with Crippen LogP contribution in [0.1, 0.15) is 10.4 Å². The van der Waals surface area contributed by atoms with E-state index in [1.54, 1.807) is 0 Å². The van der Waals surface area contributed by atoms with E-state index in [9.17, 15) is 0 Å². The highest BCUT2D eigenvalue weighted by Gasteiger charge is 2.29. The van der Waals surface area contributed by atoms with Crippen molar-refractivity contribution in [2.24, 2.45) is 0 Å². The zero-order valence-electron chi connectivity index (χ0n) is 15.4. The standard InChI is InChI=1S/C20H23BrN2OSSi/c1-26(2,3)10-8-24-13-23-20-16-7-9-25-18(16)12-17(20)19(22-23)14-5-4-6-15(21)11-14/h4-7,9,11H,8,10,12-13H2,1-3H3. The quantitative estimate of drug-likeness (QED) is 0.258. The molecule has 0 saturated heterocycles. The van der Waals surface area contributed by atoms with Crippen molar-refractivity contribution in [1.29, 1.82) is 0 Å². The Hall–Kier alpha value is -1.21. The molecule has 1 aliphatic rings. The van der Waals surface area contributed by atoms with Crippen LogP contribution in [0.4, 0.5) is 0 Å². The van der Waals surface area contributed by atoms with Gasteiger partial charge in [0.25, 0.3) is 0 Å². The van der Waals surface area contributed by atoms with Crippen molar-refractivity contribution in [3.8, 4) is 22.5 Å². The molecule has 0 fully saturated rings. The molecule has 3 nitrogen and oxygen atoms in total. The average Bonchev–Trinajstić information content (AvgIpc) is 3.22. The van der Waals surface area contributed by atoms with Crippen LogP contribution in [0.3, 0.4) is 0 Å². The van der Waals surface area contributed by atoms with Crippen LogP contribution in [0.25, 0.3) is 22.5 Å². The first-order chi connectivity index (χ1) is 12.4. The van der Waals surface area contributed by atoms with Crippen LogP contribution in [0, 0.1) is 0 Å². The van der Waals surface area contributed by atoms with E-state index in [1.807, 2.05) is 11.3 Å². The second-order valence-corrected chi connectivity index (χ2v) is 15.5. The Morgan fingerprint density at radius 3 is 2.88 bits per heavy atom. The Morgan fingerprint density at radius 2 is 2.12 bits per heavy atom. The Kier molecular flexibility index (Phi) is 4.94. The Labute approximate surface area is 168 Å². The molecule has 0 spiro atoms. The molecule has 0 atom stereocenters. The van der Waals surface area contributed by atoms with Crippen LogP contribution in [0.15, 0.2) is 40.2 Å². The fourth-order valence-corrected chi connectivity index (χ4v) is 5.35. The first-order valence-corrected chi connectivity index (χ1v) is 14.3. The Bertz CT molecular complexity index is 942. The van der Waals surface area contributed by atoms with Gasteiger partial charge in [-0.05, 0) is 29.6 Å². The summed E-state index contributed by atoms with van der Waals surface area (Å²) in [6, 6.07) is 11.8. The normalized spacial score (nSPS) is 13.1. The van der Waals surface area contributed by atoms with E-state index >= 15 is 0 Å². The van der Waals surface area contributed by atoms with E-state index in [4.69, 9.17) is 9.84 Å². The summed E-state index contributed by atoms with van der Waals surface area (Å²) < 4.78 is 9.16. The van der Waals surface area contributed by atoms with Crippen LogP contribution in [0.2, 0.25) is 25.7 Å². The van der Waals surface area contributed by atoms with Gasteiger partial charge in [-0.25, -0.2) is 4.68 Å². The number of hydrogen-bond donors (Lipinski definition) is 0. The maximum atomic E-state index is 6.01. The molecule has 2 aromatic heterocycles. The van der Waals surface area contributed by atoms with E-state index < -0.39 is 8.07 Å². The number of thiophene rings is 1. The molecule has 0 radical (unpaired) electrons. The SMILES string of the molecule is C[Si](C)(C)CCOCn1nc(-c2cccc(Br)c2)c2c1-c1ccsc1C2. The minimum Gasteiger partial charge on any atom is -0.360 e. The van der Waals surface area contributed by atoms with Gasteiger partial charge in [0, 0.05) is 47.1 Å². The summed E-state index contributed by atoms with van der Waals surface area (Å²) >= 11 is 5.42. The van der Waals surface area contributed by atoms with E-state index in [0.29, 0.717) is 6.73 Å². The highest BCUT2D eigenvalue weighted by atomic mass is 79.9. The van der Waals surface area contributed by atoms with Gasteiger partial charge >= 0.3 is 0 Å². The Balaban J connectivity index is 1.65. The molecule has 0 N–H and O–H groups in total. The van der Waals surface area contributed by atoms with Gasteiger partial charge in [-0.2, -0.15) is 5.10 Å². The summed E-state index contributed by atoms with van der Waals surface area (Å²) in [7, 11) is -1.07. The fraction of sp³-hybridized carbons (Fsp3) is 0.350. The van der Waals surface area contributed by atoms with E-state index in [1.165, 1.54) is 27.7 Å². The van der Waals surface area contributed by atoms with Gasteiger partial charge in [-0.3, -0.25) is 0 Å². The van der Waals surface area contributed by atoms with E-state index in [-0.39, 0.29) is 0 Å². The van der Waals surface area contributed by atoms with Gasteiger partial charge < -0.3 is 4.74 Å². The second kappa shape index (κ2) is 7.07. The third-order valence-corrected chi connectivity index (χ3v) is 7.81. The monoisotopic (exact) mass is 446 g/mol. The number of aromatic nitrogens is 2. The fourth-order valence-electron chi connectivity index (χ4n) is 3.31. The lowest BCUT2D eigenvalue weighted by Gasteiger charge is -2.15. The molecule has 26 heavy (non-hydrogen) atoms. The average molecular weight is 447 g/mol. The van der Waals surface area contributed by atoms with Crippen molar-refractivity contribution in [1.82, 2.24) is 9.78 Å². The molecule has 0 amide bonds. The summed E-state index contributed by atoms with van der Waals surface area (Å²) in [5.41, 5.74) is 6.14. The van der Waals surface area contributed by atoms with Gasteiger partial charge in [0.1, 0.15) is 6.73 Å². The predicted molar refractivity (Wildman–Crippen MR) is 116 cm³/mol. The van der Waals surface area contributed by atoms with Gasteiger partial charge in [0.2, 0.25) is 0 Å². The molecule has 136 valence electrons. The third kappa shape index (κ3) is 3.60. The summed E-state index contributed by atoms with van der Waals surface area (Å²) in [4.78, 5) is 1.43. The Morgan fingerprint density at radius 1 is 1.27 bits per heavy atom. The zero-order chi connectivity index (χ0) is 18.3. The van der Waals surface area contributed by atoms with E-state index in [2.05, 4.69) is 76.0 Å². The molecule has 4 rings (SSSR count). The van der Waals surface area contributed by atoms with Crippen molar-refractivity contribution >= 4 is 35.3 Å². The predicted octanol–water partition coefficient (Wildman–Crippen LogP) is 6.26. The minimum atomic E-state index is -1.07. The first-order valence-electron chi connectivity index (χ1n) is 8.92. The molecule has 2 heterocycles. The smallest absolute Gasteiger partial charge is 0.140 e. The van der Waals surface area contributed by atoms with Gasteiger partial charge in [0.15, 0.2) is 0 Å². The van der Waals surface area contributed by atoms with Crippen LogP contribution in [0.5, 0.6) is 0 Å². The number of halogens is 1. The largest absolute Gasteiger partial charge is 0.360 e. The number of ether oxygens (including phenoxy) is 1. The molecule has 0 aliphatic heterocycles. The number of nitrogens with zero attached hydrogens (tertiary/aromatic N) is 2. The molecule has 3 aromatic rings. The molecular formula is C20H23BrN2OSSi. The summed E-state index contributed by atoms with van der Waals surface area (Å²) in [6.45, 7) is 8.48. The number of benzene rings is 1. The summed E-state index contributed by atoms with van der Waals surface area (Å²) in [5, 5.41) is 7.12. The maximum Gasteiger partial charge on any atom is 0.140 e. The van der Waals surface area contributed by atoms with Crippen molar-refractivity contribution in [2.75, 3.05) is 6.61 Å². The summed E-state index contributed by atoms with van der Waals surface area (Å²) in [5.74, 6) is 0. The van der Waals surface area contributed by atoms with Crippen LogP contribution in [-0.4, -0.2) is 24.5 Å². The number of rotatable bonds is 6. The second-order valence-electron chi connectivity index (χ2n) is 7.97. The lowest BCUT2D eigenvalue weighted by molar-refractivity contribution is 0.0799. The van der Waals surface area contributed by atoms with Crippen molar-refractivity contribution in [3.05, 3.63) is 50.6 Å².